The van der Waals surface area contributed by atoms with Gasteiger partial charge >= 0.3 is 0 Å². The minimum absolute atomic E-state index is 0.860. The van der Waals surface area contributed by atoms with Crippen molar-refractivity contribution in [1.82, 2.24) is 4.90 Å². The van der Waals surface area contributed by atoms with E-state index in [4.69, 9.17) is 0 Å². The summed E-state index contributed by atoms with van der Waals surface area (Å²) in [6.45, 7) is 1.95. The minimum atomic E-state index is 0.860. The van der Waals surface area contributed by atoms with Crippen molar-refractivity contribution in [3.63, 3.8) is 0 Å². The molecule has 2 aliphatic rings. The Bertz CT molecular complexity index is 407. The molecule has 2 heterocycles. The summed E-state index contributed by atoms with van der Waals surface area (Å²) in [5.41, 5.74) is 3.24. The van der Waals surface area contributed by atoms with Crippen LogP contribution in [0.2, 0.25) is 11.6 Å². The van der Waals surface area contributed by atoms with E-state index in [0.717, 1.165) is 24.9 Å². The van der Waals surface area contributed by atoms with E-state index in [0.29, 0.717) is 0 Å². The minimum Gasteiger partial charge on any atom is -0.305 e. The number of benzene rings is 1. The molecule has 0 spiro atoms. The van der Waals surface area contributed by atoms with Gasteiger partial charge in [-0.25, -0.2) is 0 Å². The van der Waals surface area contributed by atoms with Gasteiger partial charge in [0, 0.05) is 6.54 Å². The molecule has 102 valence electrons. The highest BCUT2D eigenvalue weighted by atomic mass is 15.0. The Kier molecular flexibility index (Phi) is 3.97. The molecule has 2 bridgehead atoms. The topological polar surface area (TPSA) is 3.24 Å². The SMILES string of the molecule is CN(C)Cc1ccccc1B1C2CCCC1CCC2. The van der Waals surface area contributed by atoms with Crippen LogP contribution in [0.4, 0.5) is 0 Å². The summed E-state index contributed by atoms with van der Waals surface area (Å²) in [4.78, 5) is 2.30. The molecular formula is C17H26BN. The van der Waals surface area contributed by atoms with Crippen molar-refractivity contribution in [2.45, 2.75) is 56.7 Å². The van der Waals surface area contributed by atoms with E-state index in [2.05, 4.69) is 43.3 Å². The van der Waals surface area contributed by atoms with Gasteiger partial charge in [0.2, 0.25) is 0 Å². The molecule has 0 unspecified atom stereocenters. The second-order valence-electron chi connectivity index (χ2n) is 6.84. The normalized spacial score (nSPS) is 26.8. The Labute approximate surface area is 118 Å². The lowest BCUT2D eigenvalue weighted by molar-refractivity contribution is 0.403. The highest BCUT2D eigenvalue weighted by Gasteiger charge is 2.40. The Hall–Kier alpha value is -0.755. The first kappa shape index (κ1) is 13.2. The first-order valence-corrected chi connectivity index (χ1v) is 7.98. The predicted molar refractivity (Wildman–Crippen MR) is 84.4 cm³/mol. The summed E-state index contributed by atoms with van der Waals surface area (Å²) >= 11 is 0. The number of hydrogen-bond acceptors (Lipinski definition) is 1. The van der Waals surface area contributed by atoms with Crippen molar-refractivity contribution in [2.75, 3.05) is 14.1 Å². The van der Waals surface area contributed by atoms with Crippen LogP contribution >= 0.6 is 0 Å². The molecule has 0 N–H and O–H groups in total. The van der Waals surface area contributed by atoms with E-state index in [1.165, 1.54) is 38.5 Å². The molecule has 2 saturated heterocycles. The lowest BCUT2D eigenvalue weighted by atomic mass is 9.24. The number of hydrogen-bond donors (Lipinski definition) is 0. The summed E-state index contributed by atoms with van der Waals surface area (Å²) in [5, 5.41) is 0. The molecule has 0 saturated carbocycles. The van der Waals surface area contributed by atoms with E-state index in [-0.39, 0.29) is 0 Å². The van der Waals surface area contributed by atoms with E-state index in [9.17, 15) is 0 Å². The second-order valence-corrected chi connectivity index (χ2v) is 6.84. The third-order valence-electron chi connectivity index (χ3n) is 5.22. The Morgan fingerprint density at radius 2 is 1.58 bits per heavy atom. The molecule has 0 aliphatic carbocycles. The van der Waals surface area contributed by atoms with Crippen LogP contribution < -0.4 is 5.46 Å². The highest BCUT2D eigenvalue weighted by Crippen LogP contribution is 2.46. The standard InChI is InChI=1S/C17H26BN/c1-19(2)13-14-7-3-4-12-17(14)18-15-8-5-9-16(18)11-6-10-15/h3-4,7,12,15-16H,5-6,8-11,13H2,1-2H3. The van der Waals surface area contributed by atoms with Gasteiger partial charge in [-0.3, -0.25) is 0 Å². The van der Waals surface area contributed by atoms with Crippen molar-refractivity contribution in [3.8, 4) is 0 Å². The molecule has 0 atom stereocenters. The fourth-order valence-corrected chi connectivity index (χ4v) is 4.53. The van der Waals surface area contributed by atoms with Gasteiger partial charge in [0.1, 0.15) is 0 Å². The molecule has 0 radical (unpaired) electrons. The van der Waals surface area contributed by atoms with Gasteiger partial charge in [0.25, 0.3) is 0 Å². The van der Waals surface area contributed by atoms with Crippen LogP contribution in [0.5, 0.6) is 0 Å². The second kappa shape index (κ2) is 5.70. The monoisotopic (exact) mass is 255 g/mol. The van der Waals surface area contributed by atoms with E-state index < -0.39 is 0 Å². The van der Waals surface area contributed by atoms with E-state index in [1.807, 2.05) is 0 Å². The van der Waals surface area contributed by atoms with Gasteiger partial charge in [0.15, 0.2) is 6.71 Å². The van der Waals surface area contributed by atoms with Gasteiger partial charge in [-0.15, -0.1) is 0 Å². The zero-order valence-electron chi connectivity index (χ0n) is 12.4. The summed E-state index contributed by atoms with van der Waals surface area (Å²) < 4.78 is 0. The van der Waals surface area contributed by atoms with Crippen LogP contribution in [0.3, 0.4) is 0 Å². The summed E-state index contributed by atoms with van der Waals surface area (Å²) in [6.07, 6.45) is 8.83. The lowest BCUT2D eigenvalue weighted by Crippen LogP contribution is -2.46. The van der Waals surface area contributed by atoms with E-state index in [1.54, 1.807) is 11.0 Å². The maximum Gasteiger partial charge on any atom is 0.182 e. The molecule has 3 rings (SSSR count). The van der Waals surface area contributed by atoms with E-state index >= 15 is 0 Å². The molecule has 0 aromatic heterocycles. The molecule has 19 heavy (non-hydrogen) atoms. The van der Waals surface area contributed by atoms with Crippen LogP contribution in [-0.2, 0) is 6.54 Å². The smallest absolute Gasteiger partial charge is 0.182 e. The van der Waals surface area contributed by atoms with Crippen LogP contribution in [0.25, 0.3) is 0 Å². The molecule has 2 aliphatic heterocycles. The van der Waals surface area contributed by atoms with Crippen LogP contribution in [0.15, 0.2) is 24.3 Å². The summed E-state index contributed by atoms with van der Waals surface area (Å²) in [7, 11) is 4.36. The molecule has 0 amide bonds. The van der Waals surface area contributed by atoms with Crippen molar-refractivity contribution >= 4 is 12.2 Å². The fraction of sp³-hybridized carbons (Fsp3) is 0.647. The first-order chi connectivity index (χ1) is 9.25. The van der Waals surface area contributed by atoms with Crippen LogP contribution in [-0.4, -0.2) is 25.7 Å². The Morgan fingerprint density at radius 1 is 1.00 bits per heavy atom. The largest absolute Gasteiger partial charge is 0.305 e. The van der Waals surface area contributed by atoms with Gasteiger partial charge in [-0.05, 0) is 19.7 Å². The van der Waals surface area contributed by atoms with Crippen molar-refractivity contribution in [2.24, 2.45) is 0 Å². The Balaban J connectivity index is 1.92. The predicted octanol–water partition coefficient (Wildman–Crippen LogP) is 3.56. The lowest BCUT2D eigenvalue weighted by Gasteiger charge is -2.41. The average molecular weight is 255 g/mol. The van der Waals surface area contributed by atoms with Crippen LogP contribution in [0.1, 0.15) is 44.1 Å². The van der Waals surface area contributed by atoms with Crippen LogP contribution in [0, 0.1) is 0 Å². The van der Waals surface area contributed by atoms with Gasteiger partial charge in [0.05, 0.1) is 0 Å². The van der Waals surface area contributed by atoms with Crippen molar-refractivity contribution < 1.29 is 0 Å². The third-order valence-corrected chi connectivity index (χ3v) is 5.22. The molecular weight excluding hydrogens is 229 g/mol. The maximum absolute atomic E-state index is 2.42. The molecule has 2 fully saturated rings. The first-order valence-electron chi connectivity index (χ1n) is 7.98. The average Bonchev–Trinajstić information content (AvgIpc) is 2.38. The van der Waals surface area contributed by atoms with Gasteiger partial charge in [-0.2, -0.15) is 0 Å². The number of rotatable bonds is 3. The molecule has 1 aromatic rings. The third kappa shape index (κ3) is 2.74. The zero-order valence-corrected chi connectivity index (χ0v) is 12.4. The molecule has 1 aromatic carbocycles. The quantitative estimate of drug-likeness (QED) is 0.746. The molecule has 1 nitrogen and oxygen atoms in total. The zero-order chi connectivity index (χ0) is 13.2. The summed E-state index contributed by atoms with van der Waals surface area (Å²) in [6, 6.07) is 9.22. The van der Waals surface area contributed by atoms with Gasteiger partial charge in [-0.1, -0.05) is 79.9 Å². The van der Waals surface area contributed by atoms with Gasteiger partial charge < -0.3 is 4.90 Å². The number of nitrogens with zero attached hydrogens (tertiary/aromatic N) is 1. The molecule has 2 heteroatoms. The highest BCUT2D eigenvalue weighted by molar-refractivity contribution is 6.76. The fourth-order valence-electron chi connectivity index (χ4n) is 4.53. The number of fused-ring (bicyclic) bond motifs is 2. The Morgan fingerprint density at radius 3 is 2.16 bits per heavy atom. The summed E-state index contributed by atoms with van der Waals surface area (Å²) in [5.74, 6) is 1.94. The van der Waals surface area contributed by atoms with Crippen molar-refractivity contribution in [1.29, 1.82) is 0 Å². The van der Waals surface area contributed by atoms with Crippen molar-refractivity contribution in [3.05, 3.63) is 29.8 Å². The maximum atomic E-state index is 2.42.